The summed E-state index contributed by atoms with van der Waals surface area (Å²) < 4.78 is 5.49. The van der Waals surface area contributed by atoms with Gasteiger partial charge in [0.1, 0.15) is 0 Å². The molecule has 0 aliphatic carbocycles. The van der Waals surface area contributed by atoms with Gasteiger partial charge < -0.3 is 9.84 Å². The Balaban J connectivity index is 1.34. The largest absolute Gasteiger partial charge is 0.339 e. The van der Waals surface area contributed by atoms with Crippen molar-refractivity contribution in [1.82, 2.24) is 20.4 Å². The number of aromatic nitrogens is 2. The monoisotopic (exact) mass is 354 g/mol. The van der Waals surface area contributed by atoms with Crippen LogP contribution in [0.1, 0.15) is 44.1 Å². The van der Waals surface area contributed by atoms with Gasteiger partial charge in [0.05, 0.1) is 0 Å². The van der Waals surface area contributed by atoms with Crippen molar-refractivity contribution in [3.8, 4) is 11.4 Å². The minimum Gasteiger partial charge on any atom is -0.339 e. The van der Waals surface area contributed by atoms with Crippen LogP contribution in [0, 0.1) is 11.8 Å². The molecule has 1 N–H and O–H groups in total. The highest BCUT2D eigenvalue weighted by atomic mass is 16.5. The van der Waals surface area contributed by atoms with Gasteiger partial charge in [-0.25, -0.2) is 0 Å². The van der Waals surface area contributed by atoms with Crippen LogP contribution in [0.25, 0.3) is 11.4 Å². The van der Waals surface area contributed by atoms with Crippen molar-refractivity contribution >= 4 is 0 Å². The van der Waals surface area contributed by atoms with Gasteiger partial charge in [-0.3, -0.25) is 4.90 Å². The Bertz CT molecular complexity index is 682. The molecular weight excluding hydrogens is 324 g/mol. The van der Waals surface area contributed by atoms with E-state index >= 15 is 0 Å². The molecule has 3 heterocycles. The van der Waals surface area contributed by atoms with Gasteiger partial charge >= 0.3 is 0 Å². The standard InChI is InChI=1S/C21H30N4O/c1-16-8-11-25(12-9-16)15-17-4-6-19(7-5-17)21-23-20(26-24-21)13-18-3-2-10-22-14-18/h4-7,16,18,22H,2-3,8-15H2,1H3/t18-/m0/s1. The molecule has 2 aliphatic heterocycles. The highest BCUT2D eigenvalue weighted by molar-refractivity contribution is 5.54. The first-order valence-electron chi connectivity index (χ1n) is 10.1. The molecule has 4 rings (SSSR count). The molecule has 2 saturated heterocycles. The molecule has 140 valence electrons. The molecule has 26 heavy (non-hydrogen) atoms. The van der Waals surface area contributed by atoms with Gasteiger partial charge in [0.2, 0.25) is 11.7 Å². The lowest BCUT2D eigenvalue weighted by atomic mass is 9.96. The van der Waals surface area contributed by atoms with E-state index in [1.807, 2.05) is 0 Å². The van der Waals surface area contributed by atoms with Crippen LogP contribution in [0.15, 0.2) is 28.8 Å². The summed E-state index contributed by atoms with van der Waals surface area (Å²) in [5.41, 5.74) is 2.40. The third-order valence-electron chi connectivity index (χ3n) is 5.82. The maximum absolute atomic E-state index is 5.49. The summed E-state index contributed by atoms with van der Waals surface area (Å²) in [4.78, 5) is 7.17. The molecule has 0 saturated carbocycles. The molecule has 2 aromatic rings. The Hall–Kier alpha value is -1.72. The first-order chi connectivity index (χ1) is 12.8. The lowest BCUT2D eigenvalue weighted by molar-refractivity contribution is 0.185. The lowest BCUT2D eigenvalue weighted by Gasteiger charge is -2.30. The fourth-order valence-electron chi connectivity index (χ4n) is 4.04. The zero-order valence-corrected chi connectivity index (χ0v) is 15.8. The number of nitrogens with zero attached hydrogens (tertiary/aromatic N) is 3. The maximum Gasteiger partial charge on any atom is 0.227 e. The topological polar surface area (TPSA) is 54.2 Å². The van der Waals surface area contributed by atoms with Crippen LogP contribution in [0.5, 0.6) is 0 Å². The van der Waals surface area contributed by atoms with Crippen LogP contribution in [0.4, 0.5) is 0 Å². The summed E-state index contributed by atoms with van der Waals surface area (Å²) in [6.07, 6.45) is 6.00. The molecule has 2 aliphatic rings. The van der Waals surface area contributed by atoms with E-state index in [-0.39, 0.29) is 0 Å². The number of hydrogen-bond donors (Lipinski definition) is 1. The molecule has 5 nitrogen and oxygen atoms in total. The molecule has 0 radical (unpaired) electrons. The summed E-state index contributed by atoms with van der Waals surface area (Å²) in [5.74, 6) is 2.97. The van der Waals surface area contributed by atoms with Crippen molar-refractivity contribution in [3.63, 3.8) is 0 Å². The smallest absolute Gasteiger partial charge is 0.227 e. The number of nitrogens with one attached hydrogen (secondary N) is 1. The number of hydrogen-bond acceptors (Lipinski definition) is 5. The van der Waals surface area contributed by atoms with Crippen LogP contribution in [-0.2, 0) is 13.0 Å². The predicted molar refractivity (Wildman–Crippen MR) is 103 cm³/mol. The second kappa shape index (κ2) is 8.31. The fourth-order valence-corrected chi connectivity index (χ4v) is 4.04. The van der Waals surface area contributed by atoms with Crippen LogP contribution in [-0.4, -0.2) is 41.2 Å². The van der Waals surface area contributed by atoms with Gasteiger partial charge in [-0.15, -0.1) is 0 Å². The Morgan fingerprint density at radius 1 is 1.15 bits per heavy atom. The Labute approximate surface area is 156 Å². The Morgan fingerprint density at radius 3 is 2.69 bits per heavy atom. The minimum atomic E-state index is 0.617. The second-order valence-electron chi connectivity index (χ2n) is 8.08. The van der Waals surface area contributed by atoms with Gasteiger partial charge in [0.15, 0.2) is 0 Å². The quantitative estimate of drug-likeness (QED) is 0.890. The van der Waals surface area contributed by atoms with E-state index in [0.717, 1.165) is 43.4 Å². The molecule has 0 amide bonds. The van der Waals surface area contributed by atoms with E-state index in [1.54, 1.807) is 0 Å². The van der Waals surface area contributed by atoms with Crippen molar-refractivity contribution in [2.45, 2.75) is 45.6 Å². The van der Waals surface area contributed by atoms with Gasteiger partial charge in [-0.1, -0.05) is 36.3 Å². The van der Waals surface area contributed by atoms with E-state index < -0.39 is 0 Å². The molecule has 1 aromatic heterocycles. The summed E-state index contributed by atoms with van der Waals surface area (Å²) in [6, 6.07) is 8.65. The number of benzene rings is 1. The van der Waals surface area contributed by atoms with Crippen LogP contribution in [0.3, 0.4) is 0 Å². The third kappa shape index (κ3) is 4.51. The summed E-state index contributed by atoms with van der Waals surface area (Å²) in [5, 5.41) is 7.63. The molecule has 1 aromatic carbocycles. The highest BCUT2D eigenvalue weighted by Crippen LogP contribution is 2.22. The Kier molecular flexibility index (Phi) is 5.65. The number of piperidine rings is 2. The Morgan fingerprint density at radius 2 is 1.96 bits per heavy atom. The molecular formula is C21H30N4O. The van der Waals surface area contributed by atoms with E-state index in [4.69, 9.17) is 4.52 Å². The van der Waals surface area contributed by atoms with E-state index in [2.05, 4.69) is 51.5 Å². The van der Waals surface area contributed by atoms with E-state index in [0.29, 0.717) is 11.7 Å². The average Bonchev–Trinajstić information content (AvgIpc) is 3.13. The molecule has 0 unspecified atom stereocenters. The zero-order valence-electron chi connectivity index (χ0n) is 15.8. The van der Waals surface area contributed by atoms with Crippen molar-refractivity contribution < 1.29 is 4.52 Å². The summed E-state index contributed by atoms with van der Waals surface area (Å²) in [7, 11) is 0. The average molecular weight is 354 g/mol. The van der Waals surface area contributed by atoms with Crippen molar-refractivity contribution in [3.05, 3.63) is 35.7 Å². The van der Waals surface area contributed by atoms with Gasteiger partial charge in [0, 0.05) is 18.5 Å². The van der Waals surface area contributed by atoms with Gasteiger partial charge in [-0.05, 0) is 69.3 Å². The molecule has 0 spiro atoms. The molecule has 2 fully saturated rings. The third-order valence-corrected chi connectivity index (χ3v) is 5.82. The summed E-state index contributed by atoms with van der Waals surface area (Å²) >= 11 is 0. The number of likely N-dealkylation sites (tertiary alicyclic amines) is 1. The SMILES string of the molecule is CC1CCN(Cc2ccc(-c3noc(C[C@@H]4CCCNC4)n3)cc2)CC1. The van der Waals surface area contributed by atoms with Crippen molar-refractivity contribution in [2.24, 2.45) is 11.8 Å². The molecule has 5 heteroatoms. The van der Waals surface area contributed by atoms with Gasteiger partial charge in [-0.2, -0.15) is 4.98 Å². The summed E-state index contributed by atoms with van der Waals surface area (Å²) in [6.45, 7) is 8.02. The number of rotatable bonds is 5. The fraction of sp³-hybridized carbons (Fsp3) is 0.619. The van der Waals surface area contributed by atoms with Crippen LogP contribution >= 0.6 is 0 Å². The van der Waals surface area contributed by atoms with Crippen LogP contribution in [0.2, 0.25) is 0 Å². The zero-order chi connectivity index (χ0) is 17.8. The first-order valence-corrected chi connectivity index (χ1v) is 10.1. The second-order valence-corrected chi connectivity index (χ2v) is 8.08. The molecule has 0 bridgehead atoms. The van der Waals surface area contributed by atoms with E-state index in [1.165, 1.54) is 44.3 Å². The minimum absolute atomic E-state index is 0.617. The van der Waals surface area contributed by atoms with Crippen LogP contribution < -0.4 is 5.32 Å². The van der Waals surface area contributed by atoms with E-state index in [9.17, 15) is 0 Å². The molecule has 1 atom stereocenters. The van der Waals surface area contributed by atoms with Crippen molar-refractivity contribution in [2.75, 3.05) is 26.2 Å². The first kappa shape index (κ1) is 17.7. The predicted octanol–water partition coefficient (Wildman–Crippen LogP) is 3.51. The van der Waals surface area contributed by atoms with Gasteiger partial charge in [0.25, 0.3) is 0 Å². The maximum atomic E-state index is 5.49. The van der Waals surface area contributed by atoms with Crippen molar-refractivity contribution in [1.29, 1.82) is 0 Å². The lowest BCUT2D eigenvalue weighted by Crippen LogP contribution is -2.32. The highest BCUT2D eigenvalue weighted by Gasteiger charge is 2.18. The normalized spacial score (nSPS) is 22.6.